The molecule has 0 unspecified atom stereocenters. The maximum atomic E-state index is 14.5. The molecule has 6 rings (SSSR count). The zero-order valence-corrected chi connectivity index (χ0v) is 28.9. The lowest BCUT2D eigenvalue weighted by molar-refractivity contribution is -0.0299. The Morgan fingerprint density at radius 3 is 2.62 bits per heavy atom. The highest BCUT2D eigenvalue weighted by molar-refractivity contribution is 7.87. The van der Waals surface area contributed by atoms with Gasteiger partial charge in [0.1, 0.15) is 17.9 Å². The van der Waals surface area contributed by atoms with E-state index in [2.05, 4.69) is 29.2 Å². The van der Waals surface area contributed by atoms with Crippen LogP contribution >= 0.6 is 0 Å². The van der Waals surface area contributed by atoms with Crippen molar-refractivity contribution >= 4 is 21.9 Å². The van der Waals surface area contributed by atoms with E-state index < -0.39 is 16.0 Å². The minimum absolute atomic E-state index is 0.0768. The van der Waals surface area contributed by atoms with Gasteiger partial charge >= 0.3 is 0 Å². The number of halogens is 1. The maximum Gasteiger partial charge on any atom is 0.277 e. The normalized spacial score (nSPS) is 24.5. The Morgan fingerprint density at radius 2 is 1.96 bits per heavy atom. The lowest BCUT2D eigenvalue weighted by Gasteiger charge is -2.54. The molecule has 1 aromatic carbocycles. The van der Waals surface area contributed by atoms with Crippen molar-refractivity contribution in [2.24, 2.45) is 5.41 Å². The highest BCUT2D eigenvalue weighted by Gasteiger charge is 2.46. The summed E-state index contributed by atoms with van der Waals surface area (Å²) in [5.74, 6) is 0.531. The summed E-state index contributed by atoms with van der Waals surface area (Å²) in [7, 11) is -3.49. The number of nitrogens with zero attached hydrogens (tertiary/aromatic N) is 5. The van der Waals surface area contributed by atoms with Crippen molar-refractivity contribution in [3.05, 3.63) is 42.1 Å². The zero-order valence-electron chi connectivity index (χ0n) is 28.1. The molecule has 1 amide bonds. The van der Waals surface area contributed by atoms with Gasteiger partial charge in [-0.2, -0.15) is 13.1 Å². The van der Waals surface area contributed by atoms with Gasteiger partial charge in [-0.1, -0.05) is 6.92 Å². The van der Waals surface area contributed by atoms with E-state index in [0.29, 0.717) is 37.9 Å². The van der Waals surface area contributed by atoms with Crippen LogP contribution in [0.5, 0.6) is 11.5 Å². The molecule has 5 heterocycles. The predicted molar refractivity (Wildman–Crippen MR) is 178 cm³/mol. The van der Waals surface area contributed by atoms with Crippen LogP contribution in [0.4, 0.5) is 10.2 Å². The van der Waals surface area contributed by atoms with Crippen LogP contribution in [0.15, 0.2) is 30.7 Å². The first-order valence-corrected chi connectivity index (χ1v) is 18.6. The van der Waals surface area contributed by atoms with Gasteiger partial charge in [0, 0.05) is 50.3 Å². The molecule has 2 aromatic rings. The van der Waals surface area contributed by atoms with Gasteiger partial charge in [-0.05, 0) is 77.2 Å². The molecule has 2 N–H and O–H groups in total. The average molecular weight is 690 g/mol. The van der Waals surface area contributed by atoms with E-state index in [4.69, 9.17) is 14.2 Å². The number of ether oxygens (including phenoxy) is 3. The van der Waals surface area contributed by atoms with Crippen molar-refractivity contribution < 1.29 is 31.8 Å². The third-order valence-electron chi connectivity index (χ3n) is 9.90. The lowest BCUT2D eigenvalue weighted by Crippen LogP contribution is -2.61. The summed E-state index contributed by atoms with van der Waals surface area (Å²) in [4.78, 5) is 29.0. The van der Waals surface area contributed by atoms with Crippen molar-refractivity contribution in [3.63, 3.8) is 0 Å². The molecule has 15 heteroatoms. The number of likely N-dealkylation sites (tertiary alicyclic amines) is 1. The minimum Gasteiger partial charge on any atom is -0.451 e. The summed E-state index contributed by atoms with van der Waals surface area (Å²) >= 11 is 0. The molecule has 264 valence electrons. The van der Waals surface area contributed by atoms with E-state index in [9.17, 15) is 17.6 Å². The lowest BCUT2D eigenvalue weighted by atomic mass is 9.72. The van der Waals surface area contributed by atoms with Gasteiger partial charge in [0.2, 0.25) is 0 Å². The van der Waals surface area contributed by atoms with E-state index in [0.717, 1.165) is 64.8 Å². The predicted octanol–water partition coefficient (Wildman–Crippen LogP) is 2.94. The van der Waals surface area contributed by atoms with E-state index in [-0.39, 0.29) is 46.9 Å². The molecule has 3 atom stereocenters. The highest BCUT2D eigenvalue weighted by atomic mass is 32.2. The Hall–Kier alpha value is -2.95. The Balaban J connectivity index is 1.04. The first kappa shape index (κ1) is 34.9. The van der Waals surface area contributed by atoms with Gasteiger partial charge in [-0.25, -0.2) is 19.1 Å². The molecule has 1 spiro atoms. The van der Waals surface area contributed by atoms with Gasteiger partial charge in [0.05, 0.1) is 37.1 Å². The van der Waals surface area contributed by atoms with Gasteiger partial charge in [-0.15, -0.1) is 0 Å². The van der Waals surface area contributed by atoms with Gasteiger partial charge in [-0.3, -0.25) is 4.79 Å². The molecular formula is C33H48FN7O6S. The van der Waals surface area contributed by atoms with Crippen LogP contribution < -0.4 is 19.1 Å². The number of carbonyl (C=O) groups excluding carboxylic acids is 1. The van der Waals surface area contributed by atoms with Crippen LogP contribution in [0.2, 0.25) is 0 Å². The fourth-order valence-electron chi connectivity index (χ4n) is 7.42. The number of anilines is 1. The average Bonchev–Trinajstić information content (AvgIpc) is 3.56. The van der Waals surface area contributed by atoms with Gasteiger partial charge < -0.3 is 28.9 Å². The number of nitrogens with one attached hydrogen (secondary N) is 2. The second-order valence-corrected chi connectivity index (χ2v) is 15.3. The van der Waals surface area contributed by atoms with E-state index in [1.54, 1.807) is 18.0 Å². The van der Waals surface area contributed by atoms with Crippen molar-refractivity contribution in [3.8, 4) is 11.5 Å². The summed E-state index contributed by atoms with van der Waals surface area (Å²) < 4.78 is 61.5. The molecule has 0 bridgehead atoms. The first-order chi connectivity index (χ1) is 23.0. The summed E-state index contributed by atoms with van der Waals surface area (Å²) in [6, 6.07) is 3.65. The molecule has 4 aliphatic heterocycles. The van der Waals surface area contributed by atoms with Crippen molar-refractivity contribution in [1.29, 1.82) is 0 Å². The van der Waals surface area contributed by atoms with E-state index in [1.165, 1.54) is 24.5 Å². The van der Waals surface area contributed by atoms with Gasteiger partial charge in [0.15, 0.2) is 11.6 Å². The number of amides is 1. The smallest absolute Gasteiger partial charge is 0.277 e. The number of carbonyl (C=O) groups is 1. The third kappa shape index (κ3) is 8.08. The fourth-order valence-corrected chi connectivity index (χ4v) is 8.51. The fraction of sp³-hybridized carbons (Fsp3) is 0.667. The van der Waals surface area contributed by atoms with Crippen molar-refractivity contribution in [1.82, 2.24) is 29.2 Å². The van der Waals surface area contributed by atoms with E-state index >= 15 is 0 Å². The molecule has 0 radical (unpaired) electrons. The van der Waals surface area contributed by atoms with Crippen molar-refractivity contribution in [2.45, 2.75) is 77.1 Å². The Bertz CT molecular complexity index is 1520. The van der Waals surface area contributed by atoms with Crippen LogP contribution in [-0.4, -0.2) is 117 Å². The first-order valence-electron chi connectivity index (χ1n) is 17.1. The second kappa shape index (κ2) is 14.9. The quantitative estimate of drug-likeness (QED) is 0.342. The van der Waals surface area contributed by atoms with Crippen LogP contribution in [0.3, 0.4) is 0 Å². The molecule has 4 saturated heterocycles. The Morgan fingerprint density at radius 1 is 1.17 bits per heavy atom. The van der Waals surface area contributed by atoms with E-state index in [1.807, 2.05) is 13.8 Å². The molecule has 13 nitrogen and oxygen atoms in total. The number of piperidine rings is 1. The Kier molecular flexibility index (Phi) is 10.8. The van der Waals surface area contributed by atoms with Crippen LogP contribution in [0.1, 0.15) is 63.2 Å². The highest BCUT2D eigenvalue weighted by Crippen LogP contribution is 2.45. The standard InChI is InChI=1S/C33H48FN7O6S/c1-4-37-48(43,44)38-25-6-7-27(46-18-25)17-39-12-10-33(11-13-39)20-40(21-33)31-30(16-35-22-36-31)47-29-8-5-24(34)15-28(29)32(42)41(23(2)3)26-9-14-45-19-26/h5,8,15-16,22-23,25-27,37-38H,4,6-7,9-14,17-21H2,1-3H3/t25-,26+,27+/m1/s1. The van der Waals surface area contributed by atoms with Crippen LogP contribution in [0, 0.1) is 11.2 Å². The third-order valence-corrected chi connectivity index (χ3v) is 11.2. The van der Waals surface area contributed by atoms with Gasteiger partial charge in [0.25, 0.3) is 16.1 Å². The molecular weight excluding hydrogens is 641 g/mol. The summed E-state index contributed by atoms with van der Waals surface area (Å²) in [5.41, 5.74) is 0.338. The maximum absolute atomic E-state index is 14.5. The number of hydrogen-bond acceptors (Lipinski definition) is 10. The Labute approximate surface area is 282 Å². The monoisotopic (exact) mass is 689 g/mol. The SMILES string of the molecule is CCNS(=O)(=O)N[C@@H]1CC[C@@H](CN2CCC3(CC2)CN(c2ncncc2Oc2ccc(F)cc2C(=O)N(C(C)C)[C@H]2CCOC2)C3)OC1. The summed E-state index contributed by atoms with van der Waals surface area (Å²) in [5, 5.41) is 0. The molecule has 4 fully saturated rings. The van der Waals surface area contributed by atoms with Crippen LogP contribution in [-0.2, 0) is 19.7 Å². The summed E-state index contributed by atoms with van der Waals surface area (Å²) in [6.45, 7) is 11.9. The topological polar surface area (TPSA) is 138 Å². The van der Waals surface area contributed by atoms with Crippen LogP contribution in [0.25, 0.3) is 0 Å². The van der Waals surface area contributed by atoms with Crippen molar-refractivity contribution in [2.75, 3.05) is 64.0 Å². The zero-order chi connectivity index (χ0) is 33.9. The number of hydrogen-bond donors (Lipinski definition) is 2. The molecule has 4 aliphatic rings. The largest absolute Gasteiger partial charge is 0.451 e. The molecule has 0 saturated carbocycles. The molecule has 0 aliphatic carbocycles. The number of benzene rings is 1. The number of rotatable bonds is 12. The molecule has 1 aromatic heterocycles. The molecule has 48 heavy (non-hydrogen) atoms. The second-order valence-electron chi connectivity index (χ2n) is 13.8. The minimum atomic E-state index is -3.49. The number of aromatic nitrogens is 2. The summed E-state index contributed by atoms with van der Waals surface area (Å²) in [6.07, 6.45) is 7.59.